The third-order valence-electron chi connectivity index (χ3n) is 2.02. The molecule has 94 valence electrons. The Morgan fingerprint density at radius 2 is 2.06 bits per heavy atom. The summed E-state index contributed by atoms with van der Waals surface area (Å²) in [4.78, 5) is 11.6. The van der Waals surface area contributed by atoms with Crippen LogP contribution in [0.1, 0.15) is 13.8 Å². The minimum absolute atomic E-state index is 0.163. The second kappa shape index (κ2) is 5.58. The molecule has 2 amide bonds. The van der Waals surface area contributed by atoms with Crippen molar-refractivity contribution in [2.75, 3.05) is 11.9 Å². The van der Waals surface area contributed by atoms with E-state index in [1.165, 1.54) is 0 Å². The Kier molecular flexibility index (Phi) is 4.62. The number of aliphatic hydroxyl groups excluding tert-OH is 1. The van der Waals surface area contributed by atoms with E-state index in [4.69, 9.17) is 28.3 Å². The van der Waals surface area contributed by atoms with Crippen LogP contribution in [0.2, 0.25) is 10.0 Å². The molecule has 3 N–H and O–H groups in total. The number of hydrogen-bond donors (Lipinski definition) is 3. The Balaban J connectivity index is 2.71. The van der Waals surface area contributed by atoms with Crippen LogP contribution < -0.4 is 10.6 Å². The van der Waals surface area contributed by atoms with Crippen LogP contribution in [0, 0.1) is 0 Å². The molecule has 1 aromatic rings. The predicted molar refractivity (Wildman–Crippen MR) is 69.8 cm³/mol. The molecule has 0 aliphatic rings. The van der Waals surface area contributed by atoms with Crippen LogP contribution in [0.25, 0.3) is 0 Å². The average molecular weight is 277 g/mol. The van der Waals surface area contributed by atoms with Crippen molar-refractivity contribution in [2.24, 2.45) is 0 Å². The summed E-state index contributed by atoms with van der Waals surface area (Å²) in [7, 11) is 0. The molecule has 0 atom stereocenters. The van der Waals surface area contributed by atoms with Crippen molar-refractivity contribution < 1.29 is 9.90 Å². The molecule has 0 aromatic heterocycles. The lowest BCUT2D eigenvalue weighted by Gasteiger charge is -2.23. The fraction of sp³-hybridized carbons (Fsp3) is 0.364. The minimum Gasteiger partial charge on any atom is -0.394 e. The average Bonchev–Trinajstić information content (AvgIpc) is 2.23. The van der Waals surface area contributed by atoms with Gasteiger partial charge >= 0.3 is 6.03 Å². The van der Waals surface area contributed by atoms with Crippen LogP contribution in [0.5, 0.6) is 0 Å². The van der Waals surface area contributed by atoms with Crippen LogP contribution in [0.15, 0.2) is 18.2 Å². The van der Waals surface area contributed by atoms with E-state index < -0.39 is 11.6 Å². The standard InChI is InChI=1S/C11H14Cl2N2O2/c1-11(2,6-16)15-10(17)14-9-5-7(12)3-4-8(9)13/h3-5,16H,6H2,1-2H3,(H2,14,15,17). The molecule has 0 aliphatic heterocycles. The number of halogens is 2. The molecule has 0 fully saturated rings. The van der Waals surface area contributed by atoms with Gasteiger partial charge in [-0.2, -0.15) is 0 Å². The van der Waals surface area contributed by atoms with Crippen molar-refractivity contribution in [1.82, 2.24) is 5.32 Å². The van der Waals surface area contributed by atoms with Crippen LogP contribution in [-0.2, 0) is 0 Å². The second-order valence-electron chi connectivity index (χ2n) is 4.25. The van der Waals surface area contributed by atoms with Gasteiger partial charge in [-0.05, 0) is 32.0 Å². The highest BCUT2D eigenvalue weighted by atomic mass is 35.5. The lowest BCUT2D eigenvalue weighted by atomic mass is 10.1. The molecule has 0 saturated carbocycles. The summed E-state index contributed by atoms with van der Waals surface area (Å²) in [5.74, 6) is 0. The summed E-state index contributed by atoms with van der Waals surface area (Å²) in [6.07, 6.45) is 0. The van der Waals surface area contributed by atoms with Gasteiger partial charge in [0.25, 0.3) is 0 Å². The van der Waals surface area contributed by atoms with Crippen LogP contribution in [-0.4, -0.2) is 23.3 Å². The van der Waals surface area contributed by atoms with Gasteiger partial charge in [0.2, 0.25) is 0 Å². The van der Waals surface area contributed by atoms with Crippen molar-refractivity contribution in [3.8, 4) is 0 Å². The third-order valence-corrected chi connectivity index (χ3v) is 2.59. The number of amides is 2. The van der Waals surface area contributed by atoms with E-state index in [0.717, 1.165) is 0 Å². The van der Waals surface area contributed by atoms with Crippen molar-refractivity contribution in [3.05, 3.63) is 28.2 Å². The zero-order valence-electron chi connectivity index (χ0n) is 9.55. The highest BCUT2D eigenvalue weighted by molar-refractivity contribution is 6.35. The molecule has 0 spiro atoms. The lowest BCUT2D eigenvalue weighted by Crippen LogP contribution is -2.48. The van der Waals surface area contributed by atoms with Crippen molar-refractivity contribution in [3.63, 3.8) is 0 Å². The van der Waals surface area contributed by atoms with E-state index in [2.05, 4.69) is 10.6 Å². The third kappa shape index (κ3) is 4.42. The molecule has 17 heavy (non-hydrogen) atoms. The number of benzene rings is 1. The molecule has 0 heterocycles. The monoisotopic (exact) mass is 276 g/mol. The van der Waals surface area contributed by atoms with E-state index in [0.29, 0.717) is 15.7 Å². The number of rotatable bonds is 3. The van der Waals surface area contributed by atoms with Crippen molar-refractivity contribution in [2.45, 2.75) is 19.4 Å². The predicted octanol–water partition coefficient (Wildman–Crippen LogP) is 2.89. The topological polar surface area (TPSA) is 61.4 Å². The number of carbonyl (C=O) groups excluding carboxylic acids is 1. The maximum absolute atomic E-state index is 11.6. The van der Waals surface area contributed by atoms with Crippen molar-refractivity contribution >= 4 is 34.9 Å². The lowest BCUT2D eigenvalue weighted by molar-refractivity contribution is 0.187. The Morgan fingerprint density at radius 3 is 2.65 bits per heavy atom. The quantitative estimate of drug-likeness (QED) is 0.795. The van der Waals surface area contributed by atoms with Gasteiger partial charge < -0.3 is 15.7 Å². The Labute approximate surface area is 110 Å². The molecule has 0 bridgehead atoms. The number of nitrogens with one attached hydrogen (secondary N) is 2. The normalized spacial score (nSPS) is 11.1. The van der Waals surface area contributed by atoms with E-state index in [1.54, 1.807) is 32.0 Å². The zero-order chi connectivity index (χ0) is 13.1. The highest BCUT2D eigenvalue weighted by Gasteiger charge is 2.19. The molecule has 0 unspecified atom stereocenters. The first-order chi connectivity index (χ1) is 7.84. The van der Waals surface area contributed by atoms with Gasteiger partial charge in [-0.3, -0.25) is 0 Å². The largest absolute Gasteiger partial charge is 0.394 e. The summed E-state index contributed by atoms with van der Waals surface area (Å²) in [6, 6.07) is 4.32. The van der Waals surface area contributed by atoms with E-state index >= 15 is 0 Å². The maximum atomic E-state index is 11.6. The van der Waals surface area contributed by atoms with E-state index in [1.807, 2.05) is 0 Å². The highest BCUT2D eigenvalue weighted by Crippen LogP contribution is 2.25. The smallest absolute Gasteiger partial charge is 0.319 e. The molecular weight excluding hydrogens is 263 g/mol. The first-order valence-corrected chi connectivity index (χ1v) is 5.75. The first kappa shape index (κ1) is 14.1. The number of hydrogen-bond acceptors (Lipinski definition) is 2. The Bertz CT molecular complexity index is 422. The van der Waals surface area contributed by atoms with Gasteiger partial charge in [-0.1, -0.05) is 23.2 Å². The van der Waals surface area contributed by atoms with Crippen molar-refractivity contribution in [1.29, 1.82) is 0 Å². The van der Waals surface area contributed by atoms with Crippen LogP contribution in [0.3, 0.4) is 0 Å². The molecule has 6 heteroatoms. The first-order valence-electron chi connectivity index (χ1n) is 4.99. The molecule has 1 aromatic carbocycles. The van der Waals surface area contributed by atoms with E-state index in [9.17, 15) is 4.79 Å². The summed E-state index contributed by atoms with van der Waals surface area (Å²) in [5, 5.41) is 15.1. The Morgan fingerprint density at radius 1 is 1.41 bits per heavy atom. The summed E-state index contributed by atoms with van der Waals surface area (Å²) < 4.78 is 0. The number of aliphatic hydroxyl groups is 1. The van der Waals surface area contributed by atoms with Gasteiger partial charge in [0, 0.05) is 5.02 Å². The Hall–Kier alpha value is -0.970. The molecule has 0 aliphatic carbocycles. The number of anilines is 1. The maximum Gasteiger partial charge on any atom is 0.319 e. The number of urea groups is 1. The number of carbonyl (C=O) groups is 1. The zero-order valence-corrected chi connectivity index (χ0v) is 11.1. The molecule has 1 rings (SSSR count). The molecule has 4 nitrogen and oxygen atoms in total. The molecule has 0 saturated heterocycles. The van der Waals surface area contributed by atoms with Crippen LogP contribution >= 0.6 is 23.2 Å². The fourth-order valence-corrected chi connectivity index (χ4v) is 1.43. The summed E-state index contributed by atoms with van der Waals surface area (Å²) >= 11 is 11.7. The van der Waals surface area contributed by atoms with Gasteiger partial charge in [0.15, 0.2) is 0 Å². The SMILES string of the molecule is CC(C)(CO)NC(=O)Nc1cc(Cl)ccc1Cl. The van der Waals surface area contributed by atoms with Gasteiger partial charge in [0.1, 0.15) is 0 Å². The van der Waals surface area contributed by atoms with Gasteiger partial charge in [-0.25, -0.2) is 4.79 Å². The van der Waals surface area contributed by atoms with Gasteiger partial charge in [-0.15, -0.1) is 0 Å². The molecular formula is C11H14Cl2N2O2. The van der Waals surface area contributed by atoms with Gasteiger partial charge in [0.05, 0.1) is 22.9 Å². The summed E-state index contributed by atoms with van der Waals surface area (Å²) in [5.41, 5.74) is -0.278. The van der Waals surface area contributed by atoms with E-state index in [-0.39, 0.29) is 6.61 Å². The fourth-order valence-electron chi connectivity index (χ4n) is 1.09. The minimum atomic E-state index is -0.699. The molecule has 0 radical (unpaired) electrons. The second-order valence-corrected chi connectivity index (χ2v) is 5.09. The van der Waals surface area contributed by atoms with Crippen LogP contribution in [0.4, 0.5) is 10.5 Å². The summed E-state index contributed by atoms with van der Waals surface area (Å²) in [6.45, 7) is 3.24.